The molecule has 0 unspecified atom stereocenters. The third kappa shape index (κ3) is 3.29. The van der Waals surface area contributed by atoms with E-state index in [1.807, 2.05) is 0 Å². The van der Waals surface area contributed by atoms with Crippen LogP contribution in [0.4, 0.5) is 10.5 Å². The fraction of sp³-hybridized carbons (Fsp3) is 0.0556. The Hall–Kier alpha value is -2.83. The molecular formula is C18H12Cl2N2O4. The van der Waals surface area contributed by atoms with Gasteiger partial charge in [0, 0.05) is 15.6 Å². The second-order valence-electron chi connectivity index (χ2n) is 5.29. The molecule has 6 nitrogen and oxygen atoms in total. The van der Waals surface area contributed by atoms with Gasteiger partial charge in [0.2, 0.25) is 0 Å². The second kappa shape index (κ2) is 7.19. The quantitative estimate of drug-likeness (QED) is 0.640. The second-order valence-corrected chi connectivity index (χ2v) is 6.11. The maximum Gasteiger partial charge on any atom is 0.335 e. The number of amides is 4. The number of barbiturate groups is 1. The van der Waals surface area contributed by atoms with E-state index in [9.17, 15) is 14.4 Å². The van der Waals surface area contributed by atoms with Gasteiger partial charge in [-0.1, -0.05) is 29.3 Å². The van der Waals surface area contributed by atoms with Gasteiger partial charge in [-0.3, -0.25) is 14.9 Å². The highest BCUT2D eigenvalue weighted by molar-refractivity contribution is 6.41. The Kier molecular flexibility index (Phi) is 4.97. The van der Waals surface area contributed by atoms with E-state index in [4.69, 9.17) is 27.9 Å². The fourth-order valence-corrected chi connectivity index (χ4v) is 2.92. The molecule has 0 spiro atoms. The number of ether oxygens (including phenoxy) is 1. The number of halogens is 2. The minimum absolute atomic E-state index is 0.254. The molecule has 0 radical (unpaired) electrons. The molecule has 1 fully saturated rings. The summed E-state index contributed by atoms with van der Waals surface area (Å²) in [6.45, 7) is 0. The van der Waals surface area contributed by atoms with E-state index in [-0.39, 0.29) is 21.3 Å². The molecule has 0 aromatic heterocycles. The lowest BCUT2D eigenvalue weighted by Crippen LogP contribution is -2.54. The number of hydrogen-bond acceptors (Lipinski definition) is 4. The summed E-state index contributed by atoms with van der Waals surface area (Å²) in [5.41, 5.74) is 0.353. The van der Waals surface area contributed by atoms with Crippen LogP contribution in [0.15, 0.2) is 48.0 Å². The summed E-state index contributed by atoms with van der Waals surface area (Å²) in [6, 6.07) is 10.2. The number of methoxy groups -OCH3 is 1. The van der Waals surface area contributed by atoms with Gasteiger partial charge in [0.15, 0.2) is 0 Å². The lowest BCUT2D eigenvalue weighted by Gasteiger charge is -2.26. The molecule has 1 saturated heterocycles. The van der Waals surface area contributed by atoms with Crippen molar-refractivity contribution in [3.8, 4) is 5.75 Å². The number of anilines is 1. The van der Waals surface area contributed by atoms with Crippen LogP contribution in [0.2, 0.25) is 10.0 Å². The van der Waals surface area contributed by atoms with Crippen LogP contribution in [0.1, 0.15) is 5.56 Å². The molecule has 0 aliphatic carbocycles. The van der Waals surface area contributed by atoms with Crippen molar-refractivity contribution < 1.29 is 19.1 Å². The molecule has 1 N–H and O–H groups in total. The molecule has 0 saturated carbocycles. The lowest BCUT2D eigenvalue weighted by atomic mass is 10.1. The zero-order valence-electron chi connectivity index (χ0n) is 13.5. The van der Waals surface area contributed by atoms with E-state index in [1.165, 1.54) is 25.3 Å². The first-order chi connectivity index (χ1) is 12.4. The fourth-order valence-electron chi connectivity index (χ4n) is 2.42. The molecule has 2 aromatic carbocycles. The lowest BCUT2D eigenvalue weighted by molar-refractivity contribution is -0.122. The van der Waals surface area contributed by atoms with E-state index >= 15 is 0 Å². The molecule has 26 heavy (non-hydrogen) atoms. The van der Waals surface area contributed by atoms with Gasteiger partial charge in [-0.05, 0) is 42.5 Å². The Balaban J connectivity index is 2.04. The van der Waals surface area contributed by atoms with Crippen LogP contribution in [0.25, 0.3) is 6.08 Å². The van der Waals surface area contributed by atoms with Gasteiger partial charge >= 0.3 is 6.03 Å². The highest BCUT2D eigenvalue weighted by Gasteiger charge is 2.37. The molecule has 1 aliphatic rings. The highest BCUT2D eigenvalue weighted by Crippen LogP contribution is 2.29. The maximum atomic E-state index is 12.8. The summed E-state index contributed by atoms with van der Waals surface area (Å²) in [5, 5.41) is 2.69. The van der Waals surface area contributed by atoms with Crippen molar-refractivity contribution in [3.05, 3.63) is 63.6 Å². The van der Waals surface area contributed by atoms with Crippen LogP contribution in [0.5, 0.6) is 5.75 Å². The molecule has 132 valence electrons. The Morgan fingerprint density at radius 2 is 1.62 bits per heavy atom. The molecule has 0 bridgehead atoms. The zero-order valence-corrected chi connectivity index (χ0v) is 15.0. The Morgan fingerprint density at radius 3 is 2.19 bits per heavy atom. The van der Waals surface area contributed by atoms with Crippen molar-refractivity contribution in [2.24, 2.45) is 0 Å². The third-order valence-electron chi connectivity index (χ3n) is 3.72. The molecule has 4 amide bonds. The van der Waals surface area contributed by atoms with Crippen molar-refractivity contribution in [3.63, 3.8) is 0 Å². The summed E-state index contributed by atoms with van der Waals surface area (Å²) in [5.74, 6) is -1.03. The van der Waals surface area contributed by atoms with Gasteiger partial charge in [-0.25, -0.2) is 9.69 Å². The zero-order chi connectivity index (χ0) is 18.8. The molecule has 8 heteroatoms. The molecule has 1 heterocycles. The molecule has 3 rings (SSSR count). The normalized spacial score (nSPS) is 16.0. The topological polar surface area (TPSA) is 75.7 Å². The van der Waals surface area contributed by atoms with E-state index < -0.39 is 17.8 Å². The van der Waals surface area contributed by atoms with Crippen molar-refractivity contribution in [1.29, 1.82) is 0 Å². The Morgan fingerprint density at radius 1 is 1.00 bits per heavy atom. The van der Waals surface area contributed by atoms with Crippen LogP contribution in [-0.4, -0.2) is 25.0 Å². The SMILES string of the molecule is COc1ccc(N2C(=O)NC(=O)C(=Cc3c(Cl)cccc3Cl)C2=O)cc1. The largest absolute Gasteiger partial charge is 0.497 e. The van der Waals surface area contributed by atoms with Crippen molar-refractivity contribution in [1.82, 2.24) is 5.32 Å². The summed E-state index contributed by atoms with van der Waals surface area (Å²) >= 11 is 12.2. The average molecular weight is 391 g/mol. The number of hydrogen-bond donors (Lipinski definition) is 1. The minimum Gasteiger partial charge on any atom is -0.497 e. The van der Waals surface area contributed by atoms with Gasteiger partial charge < -0.3 is 4.74 Å². The Labute approximate surface area is 158 Å². The van der Waals surface area contributed by atoms with E-state index in [0.29, 0.717) is 11.3 Å². The van der Waals surface area contributed by atoms with Gasteiger partial charge in [0.05, 0.1) is 12.8 Å². The first-order valence-electron chi connectivity index (χ1n) is 7.42. The third-order valence-corrected chi connectivity index (χ3v) is 4.38. The van der Waals surface area contributed by atoms with Crippen LogP contribution in [-0.2, 0) is 9.59 Å². The van der Waals surface area contributed by atoms with Crippen LogP contribution < -0.4 is 15.0 Å². The highest BCUT2D eigenvalue weighted by atomic mass is 35.5. The van der Waals surface area contributed by atoms with E-state index in [2.05, 4.69) is 5.32 Å². The summed E-state index contributed by atoms with van der Waals surface area (Å²) in [4.78, 5) is 38.0. The van der Waals surface area contributed by atoms with Gasteiger partial charge in [0.1, 0.15) is 11.3 Å². The molecular weight excluding hydrogens is 379 g/mol. The first kappa shape index (κ1) is 18.0. The monoisotopic (exact) mass is 390 g/mol. The number of carbonyl (C=O) groups excluding carboxylic acids is 3. The van der Waals surface area contributed by atoms with E-state index in [1.54, 1.807) is 30.3 Å². The first-order valence-corrected chi connectivity index (χ1v) is 8.17. The number of benzene rings is 2. The number of imide groups is 2. The standard InChI is InChI=1S/C18H12Cl2N2O4/c1-26-11-7-5-10(6-8-11)22-17(24)13(16(23)21-18(22)25)9-12-14(19)3-2-4-15(12)20/h2-9H,1H3,(H,21,23,25). The molecule has 1 aliphatic heterocycles. The van der Waals surface area contributed by atoms with Crippen molar-refractivity contribution in [2.45, 2.75) is 0 Å². The molecule has 2 aromatic rings. The maximum absolute atomic E-state index is 12.8. The van der Waals surface area contributed by atoms with Crippen LogP contribution in [0, 0.1) is 0 Å². The smallest absolute Gasteiger partial charge is 0.335 e. The van der Waals surface area contributed by atoms with E-state index in [0.717, 1.165) is 4.90 Å². The predicted octanol–water partition coefficient (Wildman–Crippen LogP) is 3.67. The van der Waals surface area contributed by atoms with Crippen molar-refractivity contribution in [2.75, 3.05) is 12.0 Å². The van der Waals surface area contributed by atoms with Crippen LogP contribution in [0.3, 0.4) is 0 Å². The number of rotatable bonds is 3. The summed E-state index contributed by atoms with van der Waals surface area (Å²) < 4.78 is 5.05. The average Bonchev–Trinajstić information content (AvgIpc) is 2.61. The van der Waals surface area contributed by atoms with Crippen molar-refractivity contribution >= 4 is 52.8 Å². The van der Waals surface area contributed by atoms with Crippen LogP contribution >= 0.6 is 23.2 Å². The number of urea groups is 1. The minimum atomic E-state index is -0.840. The summed E-state index contributed by atoms with van der Waals surface area (Å²) in [7, 11) is 1.50. The number of nitrogens with one attached hydrogen (secondary N) is 1. The van der Waals surface area contributed by atoms with Gasteiger partial charge in [0.25, 0.3) is 11.8 Å². The van der Waals surface area contributed by atoms with Gasteiger partial charge in [-0.15, -0.1) is 0 Å². The number of nitrogens with zero attached hydrogens (tertiary/aromatic N) is 1. The molecule has 0 atom stereocenters. The predicted molar refractivity (Wildman–Crippen MR) is 98.5 cm³/mol. The summed E-state index contributed by atoms with van der Waals surface area (Å²) in [6.07, 6.45) is 1.27. The van der Waals surface area contributed by atoms with Gasteiger partial charge in [-0.2, -0.15) is 0 Å². The number of carbonyl (C=O) groups is 3. The Bertz CT molecular complexity index is 918.